The number of anilines is 1. The monoisotopic (exact) mass is 456 g/mol. The molecule has 150 valence electrons. The number of benzene rings is 2. The first-order chi connectivity index (χ1) is 13.7. The van der Waals surface area contributed by atoms with Crippen molar-refractivity contribution in [3.63, 3.8) is 0 Å². The molecular weight excluding hydrogens is 444 g/mol. The summed E-state index contributed by atoms with van der Waals surface area (Å²) in [7, 11) is 0. The van der Waals surface area contributed by atoms with Crippen LogP contribution < -0.4 is 5.32 Å². The Hall–Kier alpha value is -2.35. The zero-order valence-corrected chi connectivity index (χ0v) is 17.0. The number of rotatable bonds is 5. The molecule has 0 aliphatic carbocycles. The molecule has 3 rings (SSSR count). The number of alkyl halides is 3. The van der Waals surface area contributed by atoms with Crippen LogP contribution in [0.4, 0.5) is 18.3 Å². The summed E-state index contributed by atoms with van der Waals surface area (Å²) in [5, 5.41) is 4.11. The number of carbonyl (C=O) groups excluding carboxylic acids is 1. The van der Waals surface area contributed by atoms with E-state index in [1.807, 2.05) is 0 Å². The maximum Gasteiger partial charge on any atom is 0.416 e. The van der Waals surface area contributed by atoms with E-state index in [0.717, 1.165) is 28.6 Å². The topological polar surface area (TPSA) is 42.0 Å². The SMILES string of the molecule is O=C(/C=C/c1cccc(C(F)(F)F)c1)Nc1ncc(Cc2cc(Cl)ccc2Cl)s1. The fraction of sp³-hybridized carbons (Fsp3) is 0.100. The van der Waals surface area contributed by atoms with E-state index in [1.54, 1.807) is 24.4 Å². The van der Waals surface area contributed by atoms with Gasteiger partial charge in [-0.25, -0.2) is 4.98 Å². The third-order valence-corrected chi connectivity index (χ3v) is 5.31. The van der Waals surface area contributed by atoms with Crippen LogP contribution in [0, 0.1) is 0 Å². The van der Waals surface area contributed by atoms with Crippen LogP contribution >= 0.6 is 34.5 Å². The summed E-state index contributed by atoms with van der Waals surface area (Å²) in [6, 6.07) is 9.88. The molecule has 0 spiro atoms. The minimum atomic E-state index is -4.44. The van der Waals surface area contributed by atoms with Gasteiger partial charge < -0.3 is 0 Å². The average molecular weight is 457 g/mol. The third-order valence-electron chi connectivity index (χ3n) is 3.80. The van der Waals surface area contributed by atoms with E-state index in [1.165, 1.54) is 29.5 Å². The largest absolute Gasteiger partial charge is 0.416 e. The van der Waals surface area contributed by atoms with Crippen molar-refractivity contribution in [3.05, 3.63) is 86.4 Å². The quantitative estimate of drug-likeness (QED) is 0.433. The average Bonchev–Trinajstić information content (AvgIpc) is 3.09. The molecule has 2 aromatic carbocycles. The van der Waals surface area contributed by atoms with Crippen molar-refractivity contribution in [3.8, 4) is 0 Å². The van der Waals surface area contributed by atoms with Gasteiger partial charge in [0.1, 0.15) is 0 Å². The molecule has 0 radical (unpaired) electrons. The van der Waals surface area contributed by atoms with Crippen LogP contribution in [0.5, 0.6) is 0 Å². The molecule has 0 fully saturated rings. The molecule has 3 nitrogen and oxygen atoms in total. The molecule has 0 saturated carbocycles. The number of halogens is 5. The minimum Gasteiger partial charge on any atom is -0.298 e. The summed E-state index contributed by atoms with van der Waals surface area (Å²) < 4.78 is 38.2. The number of thiazole rings is 1. The summed E-state index contributed by atoms with van der Waals surface area (Å²) in [6.07, 6.45) is 0.158. The molecule has 0 bridgehead atoms. The highest BCUT2D eigenvalue weighted by Crippen LogP contribution is 2.30. The lowest BCUT2D eigenvalue weighted by atomic mass is 10.1. The minimum absolute atomic E-state index is 0.269. The predicted molar refractivity (Wildman–Crippen MR) is 110 cm³/mol. The lowest BCUT2D eigenvalue weighted by Crippen LogP contribution is -2.07. The Labute approximate surface area is 178 Å². The molecular formula is C20H13Cl2F3N2OS. The molecule has 0 aliphatic heterocycles. The Morgan fingerprint density at radius 1 is 1.17 bits per heavy atom. The summed E-state index contributed by atoms with van der Waals surface area (Å²) in [4.78, 5) is 17.0. The van der Waals surface area contributed by atoms with E-state index >= 15 is 0 Å². The van der Waals surface area contributed by atoms with Gasteiger partial charge in [-0.2, -0.15) is 13.2 Å². The van der Waals surface area contributed by atoms with Gasteiger partial charge in [0.25, 0.3) is 0 Å². The van der Waals surface area contributed by atoms with Crippen LogP contribution in [-0.2, 0) is 17.4 Å². The molecule has 0 atom stereocenters. The van der Waals surface area contributed by atoms with Gasteiger partial charge in [-0.3, -0.25) is 10.1 Å². The van der Waals surface area contributed by atoms with Gasteiger partial charge in [-0.05, 0) is 47.5 Å². The lowest BCUT2D eigenvalue weighted by Gasteiger charge is -2.06. The van der Waals surface area contributed by atoms with Crippen LogP contribution in [-0.4, -0.2) is 10.9 Å². The van der Waals surface area contributed by atoms with E-state index in [4.69, 9.17) is 23.2 Å². The molecule has 0 aliphatic rings. The van der Waals surface area contributed by atoms with Gasteiger partial charge in [0.2, 0.25) is 5.91 Å². The van der Waals surface area contributed by atoms with E-state index in [9.17, 15) is 18.0 Å². The van der Waals surface area contributed by atoms with Crippen LogP contribution in [0.3, 0.4) is 0 Å². The Bertz CT molecular complexity index is 1060. The van der Waals surface area contributed by atoms with E-state index in [2.05, 4.69) is 10.3 Å². The van der Waals surface area contributed by atoms with E-state index < -0.39 is 17.6 Å². The van der Waals surface area contributed by atoms with Crippen molar-refractivity contribution < 1.29 is 18.0 Å². The fourth-order valence-corrected chi connectivity index (χ4v) is 3.67. The summed E-state index contributed by atoms with van der Waals surface area (Å²) in [5.74, 6) is -0.496. The number of aromatic nitrogens is 1. The molecule has 1 amide bonds. The van der Waals surface area contributed by atoms with Crippen molar-refractivity contribution in [2.24, 2.45) is 0 Å². The first-order valence-corrected chi connectivity index (χ1v) is 9.83. The second-order valence-electron chi connectivity index (χ2n) is 5.99. The maximum atomic E-state index is 12.7. The van der Waals surface area contributed by atoms with Crippen LogP contribution in [0.1, 0.15) is 21.6 Å². The van der Waals surface area contributed by atoms with Crippen LogP contribution in [0.15, 0.2) is 54.7 Å². The first-order valence-electron chi connectivity index (χ1n) is 8.25. The Balaban J connectivity index is 1.63. The number of nitrogens with one attached hydrogen (secondary N) is 1. The molecule has 0 saturated heterocycles. The number of hydrogen-bond acceptors (Lipinski definition) is 3. The highest BCUT2D eigenvalue weighted by molar-refractivity contribution is 7.15. The fourth-order valence-electron chi connectivity index (χ4n) is 2.45. The van der Waals surface area contributed by atoms with Crippen molar-refractivity contribution in [1.82, 2.24) is 4.98 Å². The molecule has 3 aromatic rings. The standard InChI is InChI=1S/C20H13Cl2F3N2OS/c21-15-5-6-17(22)13(9-15)10-16-11-26-19(29-16)27-18(28)7-4-12-2-1-3-14(8-12)20(23,24)25/h1-9,11H,10H2,(H,26,27,28)/b7-4+. The van der Waals surface area contributed by atoms with Crippen molar-refractivity contribution in [2.75, 3.05) is 5.32 Å². The molecule has 1 N–H and O–H groups in total. The molecule has 29 heavy (non-hydrogen) atoms. The third kappa shape index (κ3) is 6.06. The predicted octanol–water partition coefficient (Wildman–Crippen LogP) is 6.71. The Morgan fingerprint density at radius 3 is 2.72 bits per heavy atom. The highest BCUT2D eigenvalue weighted by atomic mass is 35.5. The normalized spacial score (nSPS) is 11.8. The van der Waals surface area contributed by atoms with Crippen molar-refractivity contribution in [1.29, 1.82) is 0 Å². The number of hydrogen-bond donors (Lipinski definition) is 1. The van der Waals surface area contributed by atoms with E-state index in [0.29, 0.717) is 21.6 Å². The van der Waals surface area contributed by atoms with E-state index in [-0.39, 0.29) is 5.56 Å². The van der Waals surface area contributed by atoms with Gasteiger partial charge in [-0.1, -0.05) is 35.3 Å². The smallest absolute Gasteiger partial charge is 0.298 e. The molecule has 1 aromatic heterocycles. The van der Waals surface area contributed by atoms with Crippen LogP contribution in [0.25, 0.3) is 6.08 Å². The summed E-state index contributed by atoms with van der Waals surface area (Å²) in [5.41, 5.74) is 0.333. The van der Waals surface area contributed by atoms with Crippen molar-refractivity contribution in [2.45, 2.75) is 12.6 Å². The molecule has 0 unspecified atom stereocenters. The summed E-state index contributed by atoms with van der Waals surface area (Å²) >= 11 is 13.4. The van der Waals surface area contributed by atoms with Gasteiger partial charge in [0.15, 0.2) is 5.13 Å². The molecule has 1 heterocycles. The summed E-state index contributed by atoms with van der Waals surface area (Å²) in [6.45, 7) is 0. The van der Waals surface area contributed by atoms with Gasteiger partial charge >= 0.3 is 6.18 Å². The van der Waals surface area contributed by atoms with Crippen molar-refractivity contribution >= 4 is 51.7 Å². The second-order valence-corrected chi connectivity index (χ2v) is 7.95. The van der Waals surface area contributed by atoms with Gasteiger partial charge in [0.05, 0.1) is 5.56 Å². The second kappa shape index (κ2) is 8.98. The van der Waals surface area contributed by atoms with Crippen LogP contribution in [0.2, 0.25) is 10.0 Å². The number of amides is 1. The van der Waals surface area contributed by atoms with Gasteiger partial charge in [0, 0.05) is 33.6 Å². The Kier molecular flexibility index (Phi) is 6.62. The first kappa shape index (κ1) is 21.4. The maximum absolute atomic E-state index is 12.7. The van der Waals surface area contributed by atoms with Gasteiger partial charge in [-0.15, -0.1) is 11.3 Å². The zero-order chi connectivity index (χ0) is 21.0. The zero-order valence-electron chi connectivity index (χ0n) is 14.6. The number of carbonyl (C=O) groups is 1. The molecule has 9 heteroatoms. The Morgan fingerprint density at radius 2 is 1.97 bits per heavy atom. The highest BCUT2D eigenvalue weighted by Gasteiger charge is 2.30. The number of nitrogens with zero attached hydrogens (tertiary/aromatic N) is 1. The lowest BCUT2D eigenvalue weighted by molar-refractivity contribution is -0.137.